The van der Waals surface area contributed by atoms with Crippen LogP contribution >= 0.6 is 0 Å². The number of likely N-dealkylation sites (tertiary alicyclic amines) is 1. The number of aryl methyl sites for hydroxylation is 1. The Morgan fingerprint density at radius 3 is 2.58 bits per heavy atom. The molecule has 3 aliphatic rings. The van der Waals surface area contributed by atoms with Gasteiger partial charge < -0.3 is 20.0 Å². The number of halogens is 3. The summed E-state index contributed by atoms with van der Waals surface area (Å²) in [6, 6.07) is 10.4. The summed E-state index contributed by atoms with van der Waals surface area (Å²) in [6.45, 7) is 0.834. The lowest BCUT2D eigenvalue weighted by atomic mass is 9.49. The number of aliphatic hydroxyl groups is 1. The zero-order chi connectivity index (χ0) is 25.9. The van der Waals surface area contributed by atoms with Gasteiger partial charge in [-0.05, 0) is 93.1 Å². The Labute approximate surface area is 209 Å². The lowest BCUT2D eigenvalue weighted by molar-refractivity contribution is -0.173. The van der Waals surface area contributed by atoms with E-state index in [1.807, 2.05) is 6.07 Å². The first kappa shape index (κ1) is 25.1. The van der Waals surface area contributed by atoms with E-state index in [0.29, 0.717) is 31.2 Å². The first-order valence-electron chi connectivity index (χ1n) is 12.6. The summed E-state index contributed by atoms with van der Waals surface area (Å²) < 4.78 is 38.5. The Morgan fingerprint density at radius 1 is 1.17 bits per heavy atom. The summed E-state index contributed by atoms with van der Waals surface area (Å²) in [5.74, 6) is 0.129. The maximum absolute atomic E-state index is 13.1. The second kappa shape index (κ2) is 8.77. The van der Waals surface area contributed by atoms with Crippen molar-refractivity contribution >= 4 is 5.91 Å². The van der Waals surface area contributed by atoms with Crippen LogP contribution in [0.2, 0.25) is 0 Å². The van der Waals surface area contributed by atoms with E-state index in [9.17, 15) is 28.2 Å². The summed E-state index contributed by atoms with van der Waals surface area (Å²) in [7, 11) is 3.85. The molecule has 2 aliphatic carbocycles. The van der Waals surface area contributed by atoms with Crippen molar-refractivity contribution in [2.45, 2.75) is 74.2 Å². The average molecular weight is 503 g/mol. The van der Waals surface area contributed by atoms with Crippen LogP contribution in [-0.4, -0.2) is 64.2 Å². The van der Waals surface area contributed by atoms with Crippen LogP contribution in [0.4, 0.5) is 13.2 Å². The van der Waals surface area contributed by atoms with Gasteiger partial charge in [-0.3, -0.25) is 4.79 Å². The molecule has 0 spiro atoms. The minimum absolute atomic E-state index is 0.00933. The molecule has 5 nitrogen and oxygen atoms in total. The Hall–Kier alpha value is -2.58. The lowest BCUT2D eigenvalue weighted by Crippen LogP contribution is -2.73. The molecule has 1 heterocycles. The fourth-order valence-electron chi connectivity index (χ4n) is 7.02. The summed E-state index contributed by atoms with van der Waals surface area (Å²) in [5.41, 5.74) is 0.675. The number of hydrogen-bond acceptors (Lipinski definition) is 4. The third-order valence-corrected chi connectivity index (χ3v) is 9.12. The van der Waals surface area contributed by atoms with Crippen LogP contribution in [0.3, 0.4) is 0 Å². The van der Waals surface area contributed by atoms with Crippen LogP contribution in [0.15, 0.2) is 42.5 Å². The van der Waals surface area contributed by atoms with Crippen molar-refractivity contribution in [1.82, 2.24) is 9.80 Å². The highest BCUT2D eigenvalue weighted by Gasteiger charge is 2.64. The molecule has 1 saturated carbocycles. The molecule has 2 aromatic carbocycles. The minimum Gasteiger partial charge on any atom is -0.508 e. The van der Waals surface area contributed by atoms with Crippen LogP contribution in [-0.2, 0) is 29.2 Å². The smallest absolute Gasteiger partial charge is 0.416 e. The Morgan fingerprint density at radius 2 is 1.89 bits per heavy atom. The van der Waals surface area contributed by atoms with Gasteiger partial charge in [-0.1, -0.05) is 18.2 Å². The van der Waals surface area contributed by atoms with E-state index in [0.717, 1.165) is 42.6 Å². The summed E-state index contributed by atoms with van der Waals surface area (Å²) >= 11 is 0. The topological polar surface area (TPSA) is 64.0 Å². The number of piperidine rings is 1. The molecule has 36 heavy (non-hydrogen) atoms. The molecule has 1 saturated heterocycles. The monoisotopic (exact) mass is 502 g/mol. The van der Waals surface area contributed by atoms with Crippen molar-refractivity contribution in [3.05, 3.63) is 64.7 Å². The van der Waals surface area contributed by atoms with Gasteiger partial charge in [-0.15, -0.1) is 0 Å². The number of aromatic hydroxyl groups is 1. The van der Waals surface area contributed by atoms with Gasteiger partial charge in [-0.2, -0.15) is 13.2 Å². The Kier molecular flexibility index (Phi) is 6.11. The van der Waals surface area contributed by atoms with Gasteiger partial charge in [0.1, 0.15) is 5.75 Å². The van der Waals surface area contributed by atoms with Gasteiger partial charge in [0.05, 0.1) is 11.2 Å². The molecule has 2 aromatic rings. The van der Waals surface area contributed by atoms with Gasteiger partial charge in [0.15, 0.2) is 0 Å². The standard InChI is InChI=1S/C28H33F3N2O3/c1-32-14-13-26-17-21(11-12-27(26,36)24(32)15-19-6-9-22(34)16-23(19)26)33(2)25(35)10-5-18-3-7-20(8-4-18)28(29,30)31/h3-4,6-9,16,21,24,34,36H,5,10-15,17H2,1-2H3/t21?,24-,26-,27-/m1/s1. The van der Waals surface area contributed by atoms with Crippen molar-refractivity contribution in [3.63, 3.8) is 0 Å². The van der Waals surface area contributed by atoms with Crippen LogP contribution in [0.1, 0.15) is 54.4 Å². The highest BCUT2D eigenvalue weighted by molar-refractivity contribution is 5.76. The number of phenols is 1. The van der Waals surface area contributed by atoms with Crippen molar-refractivity contribution in [1.29, 1.82) is 0 Å². The van der Waals surface area contributed by atoms with E-state index >= 15 is 0 Å². The Bertz CT molecular complexity index is 1150. The number of fused-ring (bicyclic) bond motifs is 1. The van der Waals surface area contributed by atoms with Crippen LogP contribution in [0.5, 0.6) is 5.75 Å². The van der Waals surface area contributed by atoms with Crippen molar-refractivity contribution in [3.8, 4) is 5.75 Å². The quantitative estimate of drug-likeness (QED) is 0.655. The predicted molar refractivity (Wildman–Crippen MR) is 130 cm³/mol. The van der Waals surface area contributed by atoms with Gasteiger partial charge in [0.25, 0.3) is 0 Å². The average Bonchev–Trinajstić information content (AvgIpc) is 2.84. The molecule has 2 fully saturated rings. The number of nitrogens with zero attached hydrogens (tertiary/aromatic N) is 2. The van der Waals surface area contributed by atoms with Gasteiger partial charge in [0, 0.05) is 31.0 Å². The number of carbonyl (C=O) groups is 1. The lowest BCUT2D eigenvalue weighted by Gasteiger charge is -2.64. The first-order chi connectivity index (χ1) is 16.9. The molecule has 0 aromatic heterocycles. The third kappa shape index (κ3) is 3.98. The maximum Gasteiger partial charge on any atom is 0.416 e. The second-order valence-electron chi connectivity index (χ2n) is 10.9. The first-order valence-corrected chi connectivity index (χ1v) is 12.6. The molecule has 194 valence electrons. The fourth-order valence-corrected chi connectivity index (χ4v) is 7.02. The molecule has 5 rings (SSSR count). The van der Waals surface area contributed by atoms with Crippen molar-refractivity contribution < 1.29 is 28.2 Å². The fraction of sp³-hybridized carbons (Fsp3) is 0.536. The zero-order valence-corrected chi connectivity index (χ0v) is 20.7. The molecule has 8 heteroatoms. The number of likely N-dealkylation sites (N-methyl/N-ethyl adjacent to an activating group) is 1. The van der Waals surface area contributed by atoms with E-state index in [-0.39, 0.29) is 30.2 Å². The molecule has 1 aliphatic heterocycles. The van der Waals surface area contributed by atoms with Gasteiger partial charge in [0.2, 0.25) is 5.91 Å². The van der Waals surface area contributed by atoms with E-state index in [4.69, 9.17) is 0 Å². The summed E-state index contributed by atoms with van der Waals surface area (Å²) in [5, 5.41) is 22.4. The molecular weight excluding hydrogens is 469 g/mol. The molecule has 1 amide bonds. The number of amides is 1. The maximum atomic E-state index is 13.1. The summed E-state index contributed by atoms with van der Waals surface area (Å²) in [6.07, 6.45) is -0.457. The van der Waals surface area contributed by atoms with E-state index < -0.39 is 22.8 Å². The highest BCUT2D eigenvalue weighted by atomic mass is 19.4. The molecular formula is C28H33F3N2O3. The number of hydrogen-bond donors (Lipinski definition) is 2. The third-order valence-electron chi connectivity index (χ3n) is 9.12. The van der Waals surface area contributed by atoms with E-state index in [1.165, 1.54) is 12.1 Å². The van der Waals surface area contributed by atoms with Gasteiger partial charge >= 0.3 is 6.18 Å². The van der Waals surface area contributed by atoms with Crippen LogP contribution < -0.4 is 0 Å². The highest BCUT2D eigenvalue weighted by Crippen LogP contribution is 2.58. The SMILES string of the molecule is CN(C(=O)CCc1ccc(C(F)(F)F)cc1)C1CC[C@@]2(O)[C@H]3Cc4ccc(O)cc4[C@@]2(CCN3C)C1. The van der Waals surface area contributed by atoms with Crippen molar-refractivity contribution in [2.24, 2.45) is 0 Å². The molecule has 0 radical (unpaired) electrons. The number of alkyl halides is 3. The number of carbonyl (C=O) groups excluding carboxylic acids is 1. The zero-order valence-electron chi connectivity index (χ0n) is 20.7. The molecule has 2 N–H and O–H groups in total. The van der Waals surface area contributed by atoms with Crippen LogP contribution in [0.25, 0.3) is 0 Å². The van der Waals surface area contributed by atoms with E-state index in [2.05, 4.69) is 11.9 Å². The number of phenolic OH excluding ortho intramolecular Hbond substituents is 1. The Balaban J connectivity index is 1.34. The number of benzene rings is 2. The molecule has 2 bridgehead atoms. The second-order valence-corrected chi connectivity index (χ2v) is 10.9. The van der Waals surface area contributed by atoms with Crippen LogP contribution in [0, 0.1) is 0 Å². The minimum atomic E-state index is -4.38. The summed E-state index contributed by atoms with van der Waals surface area (Å²) in [4.78, 5) is 17.1. The molecule has 4 atom stereocenters. The van der Waals surface area contributed by atoms with E-state index in [1.54, 1.807) is 24.1 Å². The van der Waals surface area contributed by atoms with Gasteiger partial charge in [-0.25, -0.2) is 0 Å². The normalized spacial score (nSPS) is 29.8. The largest absolute Gasteiger partial charge is 0.508 e. The van der Waals surface area contributed by atoms with Crippen molar-refractivity contribution in [2.75, 3.05) is 20.6 Å². The number of rotatable bonds is 4. The molecule has 1 unspecified atom stereocenters. The predicted octanol–water partition coefficient (Wildman–Crippen LogP) is 4.28.